The van der Waals surface area contributed by atoms with Crippen molar-refractivity contribution in [3.63, 3.8) is 0 Å². The Bertz CT molecular complexity index is 1340. The first kappa shape index (κ1) is 33.1. The van der Waals surface area contributed by atoms with Gasteiger partial charge in [0.25, 0.3) is 0 Å². The van der Waals surface area contributed by atoms with Crippen LogP contribution >= 0.6 is 0 Å². The minimum absolute atomic E-state index is 0.159. The molecule has 0 radical (unpaired) electrons. The van der Waals surface area contributed by atoms with Crippen LogP contribution in [0, 0.1) is 0 Å². The summed E-state index contributed by atoms with van der Waals surface area (Å²) in [6.45, 7) is 2.31. The van der Waals surface area contributed by atoms with Gasteiger partial charge < -0.3 is 37.1 Å². The highest BCUT2D eigenvalue weighted by Gasteiger charge is 2.38. The van der Waals surface area contributed by atoms with Crippen molar-refractivity contribution >= 4 is 46.4 Å². The second-order valence-electron chi connectivity index (χ2n) is 11.0. The second kappa shape index (κ2) is 15.7. The van der Waals surface area contributed by atoms with Gasteiger partial charge in [0, 0.05) is 29.4 Å². The Morgan fingerprint density at radius 1 is 0.953 bits per heavy atom. The van der Waals surface area contributed by atoms with Gasteiger partial charge in [0.15, 0.2) is 0 Å². The summed E-state index contributed by atoms with van der Waals surface area (Å²) >= 11 is 0. The minimum Gasteiger partial charge on any atom is -0.481 e. The number of carbonyl (C=O) groups excluding carboxylic acids is 5. The number of para-hydroxylation sites is 1. The number of hydrogen-bond acceptors (Lipinski definition) is 6. The third-order valence-corrected chi connectivity index (χ3v) is 7.70. The number of amides is 5. The third kappa shape index (κ3) is 9.29. The van der Waals surface area contributed by atoms with Crippen LogP contribution in [-0.2, 0) is 41.7 Å². The number of carboxylic acids is 1. The second-order valence-corrected chi connectivity index (χ2v) is 11.0. The van der Waals surface area contributed by atoms with Gasteiger partial charge in [-0.3, -0.25) is 28.8 Å². The molecule has 0 spiro atoms. The third-order valence-electron chi connectivity index (χ3n) is 7.70. The fourth-order valence-electron chi connectivity index (χ4n) is 5.43. The summed E-state index contributed by atoms with van der Waals surface area (Å²) < 4.78 is 0. The lowest BCUT2D eigenvalue weighted by atomic mass is 9.95. The van der Waals surface area contributed by atoms with Crippen molar-refractivity contribution in [2.45, 2.75) is 102 Å². The van der Waals surface area contributed by atoms with Gasteiger partial charge in [-0.25, -0.2) is 0 Å². The number of carbonyl (C=O) groups is 6. The standard InChI is InChI=1S/C30H42N6O7/c1-2-3-4-5-6-7-8-13-26(38)36-17-23-19(18-11-9-10-12-20(18)33-23)14-24(36)30(43)35-22(15-25(31)37)29(42)34-21(28(32)41)16-27(39)40/h9-12,21-22,24,33H,2-8,13-17H2,1H3,(H2,31,37)(H2,32,41)(H,34,42)(H,35,43)(H,39,40). The Morgan fingerprint density at radius 2 is 1.63 bits per heavy atom. The summed E-state index contributed by atoms with van der Waals surface area (Å²) in [5.74, 6) is -5.28. The molecule has 2 heterocycles. The van der Waals surface area contributed by atoms with Crippen LogP contribution in [0.25, 0.3) is 10.9 Å². The predicted octanol–water partition coefficient (Wildman–Crippen LogP) is 1.37. The van der Waals surface area contributed by atoms with E-state index in [1.54, 1.807) is 0 Å². The van der Waals surface area contributed by atoms with Crippen molar-refractivity contribution in [1.29, 1.82) is 0 Å². The lowest BCUT2D eigenvalue weighted by Crippen LogP contribution is -2.59. The first-order valence-electron chi connectivity index (χ1n) is 14.8. The summed E-state index contributed by atoms with van der Waals surface area (Å²) in [7, 11) is 0. The number of primary amides is 2. The van der Waals surface area contributed by atoms with Crippen LogP contribution in [-0.4, -0.2) is 68.6 Å². The molecule has 8 N–H and O–H groups in total. The zero-order valence-corrected chi connectivity index (χ0v) is 24.5. The van der Waals surface area contributed by atoms with E-state index >= 15 is 0 Å². The van der Waals surface area contributed by atoms with E-state index in [0.717, 1.165) is 47.8 Å². The van der Waals surface area contributed by atoms with Gasteiger partial charge in [0.1, 0.15) is 18.1 Å². The van der Waals surface area contributed by atoms with Gasteiger partial charge >= 0.3 is 5.97 Å². The average molecular weight is 599 g/mol. The van der Waals surface area contributed by atoms with Gasteiger partial charge in [-0.1, -0.05) is 63.6 Å². The molecule has 2 aromatic rings. The van der Waals surface area contributed by atoms with Gasteiger partial charge in [-0.15, -0.1) is 0 Å². The normalized spacial score (nSPS) is 15.7. The van der Waals surface area contributed by atoms with Gasteiger partial charge in [0.2, 0.25) is 29.5 Å². The summed E-state index contributed by atoms with van der Waals surface area (Å²) in [4.78, 5) is 79.6. The highest BCUT2D eigenvalue weighted by atomic mass is 16.4. The number of aliphatic carboxylic acids is 1. The predicted molar refractivity (Wildman–Crippen MR) is 158 cm³/mol. The van der Waals surface area contributed by atoms with E-state index in [1.807, 2.05) is 24.3 Å². The largest absolute Gasteiger partial charge is 0.481 e. The molecule has 3 unspecified atom stereocenters. The lowest BCUT2D eigenvalue weighted by molar-refractivity contribution is -0.143. The highest BCUT2D eigenvalue weighted by Crippen LogP contribution is 2.31. The molecule has 3 rings (SSSR count). The highest BCUT2D eigenvalue weighted by molar-refractivity contribution is 5.97. The van der Waals surface area contributed by atoms with Gasteiger partial charge in [-0.05, 0) is 18.1 Å². The fraction of sp³-hybridized carbons (Fsp3) is 0.533. The van der Waals surface area contributed by atoms with Gasteiger partial charge in [-0.2, -0.15) is 0 Å². The molecule has 0 aliphatic carbocycles. The smallest absolute Gasteiger partial charge is 0.305 e. The maximum Gasteiger partial charge on any atom is 0.305 e. The number of carboxylic acid groups (broad SMARTS) is 1. The lowest BCUT2D eigenvalue weighted by Gasteiger charge is -2.35. The molecule has 13 heteroatoms. The first-order chi connectivity index (χ1) is 20.5. The number of fused-ring (bicyclic) bond motifs is 3. The number of benzene rings is 1. The zero-order valence-electron chi connectivity index (χ0n) is 24.5. The quantitative estimate of drug-likeness (QED) is 0.147. The van der Waals surface area contributed by atoms with Crippen LogP contribution in [0.1, 0.15) is 82.4 Å². The number of rotatable bonds is 17. The molecule has 1 aromatic carbocycles. The van der Waals surface area contributed by atoms with Crippen molar-refractivity contribution < 1.29 is 33.9 Å². The van der Waals surface area contributed by atoms with Crippen LogP contribution in [0.4, 0.5) is 0 Å². The van der Waals surface area contributed by atoms with Crippen LogP contribution in [0.2, 0.25) is 0 Å². The van der Waals surface area contributed by atoms with Crippen molar-refractivity contribution in [2.75, 3.05) is 0 Å². The van der Waals surface area contributed by atoms with Crippen LogP contribution in [0.3, 0.4) is 0 Å². The molecule has 1 aromatic heterocycles. The van der Waals surface area contributed by atoms with Crippen molar-refractivity contribution in [2.24, 2.45) is 11.5 Å². The molecule has 5 amide bonds. The molecular formula is C30H42N6O7. The summed E-state index contributed by atoms with van der Waals surface area (Å²) in [6.07, 6.45) is 6.25. The Hall–Kier alpha value is -4.42. The number of nitrogens with one attached hydrogen (secondary N) is 3. The summed E-state index contributed by atoms with van der Waals surface area (Å²) in [5, 5.41) is 14.7. The molecule has 0 saturated heterocycles. The molecule has 1 aliphatic rings. The molecule has 0 saturated carbocycles. The van der Waals surface area contributed by atoms with E-state index in [9.17, 15) is 28.8 Å². The maximum atomic E-state index is 13.7. The van der Waals surface area contributed by atoms with E-state index in [4.69, 9.17) is 16.6 Å². The average Bonchev–Trinajstić information content (AvgIpc) is 3.32. The number of hydrogen-bond donors (Lipinski definition) is 6. The van der Waals surface area contributed by atoms with Crippen molar-refractivity contribution in [3.05, 3.63) is 35.5 Å². The van der Waals surface area contributed by atoms with E-state index in [-0.39, 0.29) is 25.3 Å². The zero-order chi connectivity index (χ0) is 31.5. The fourth-order valence-corrected chi connectivity index (χ4v) is 5.43. The number of aromatic nitrogens is 1. The van der Waals surface area contributed by atoms with E-state index < -0.39 is 60.6 Å². The number of aromatic amines is 1. The van der Waals surface area contributed by atoms with Crippen molar-refractivity contribution in [3.8, 4) is 0 Å². The van der Waals surface area contributed by atoms with E-state index in [2.05, 4.69) is 22.5 Å². The SMILES string of the molecule is CCCCCCCCCC(=O)N1Cc2[nH]c3ccccc3c2CC1C(=O)NC(CC(N)=O)C(=O)NC(CC(=O)O)C(N)=O. The maximum absolute atomic E-state index is 13.7. The molecule has 0 bridgehead atoms. The van der Waals surface area contributed by atoms with E-state index in [1.165, 1.54) is 17.7 Å². The monoisotopic (exact) mass is 598 g/mol. The molecule has 234 valence electrons. The van der Waals surface area contributed by atoms with Crippen LogP contribution < -0.4 is 22.1 Å². The molecule has 3 atom stereocenters. The Labute approximate surface area is 250 Å². The molecule has 43 heavy (non-hydrogen) atoms. The van der Waals surface area contributed by atoms with Crippen molar-refractivity contribution in [1.82, 2.24) is 20.5 Å². The number of nitrogens with two attached hydrogens (primary N) is 2. The van der Waals surface area contributed by atoms with Crippen LogP contribution in [0.15, 0.2) is 24.3 Å². The Balaban J connectivity index is 1.80. The summed E-state index contributed by atoms with van der Waals surface area (Å²) in [5.41, 5.74) is 13.1. The molecule has 13 nitrogen and oxygen atoms in total. The molecule has 0 fully saturated rings. The number of H-pyrrole nitrogens is 1. The molecule has 1 aliphatic heterocycles. The Morgan fingerprint density at radius 3 is 2.28 bits per heavy atom. The van der Waals surface area contributed by atoms with Gasteiger partial charge in [0.05, 0.1) is 19.4 Å². The topological polar surface area (TPSA) is 218 Å². The van der Waals surface area contributed by atoms with E-state index in [0.29, 0.717) is 6.42 Å². The Kier molecular flexibility index (Phi) is 12.1. The summed E-state index contributed by atoms with van der Waals surface area (Å²) in [6, 6.07) is 3.51. The van der Waals surface area contributed by atoms with Crippen LogP contribution in [0.5, 0.6) is 0 Å². The number of nitrogens with zero attached hydrogens (tertiary/aromatic N) is 1. The first-order valence-corrected chi connectivity index (χ1v) is 14.8. The molecular weight excluding hydrogens is 556 g/mol. The number of unbranched alkanes of at least 4 members (excludes halogenated alkanes) is 6. The minimum atomic E-state index is -1.57.